The minimum atomic E-state index is -0.371. The molecule has 0 fully saturated rings. The quantitative estimate of drug-likeness (QED) is 0.770. The number of aromatic amines is 1. The zero-order valence-corrected chi connectivity index (χ0v) is 9.62. The van der Waals surface area contributed by atoms with Gasteiger partial charge in [-0.1, -0.05) is 13.8 Å². The minimum Gasteiger partial charge on any atom is -0.379 e. The number of aliphatic hydroxyl groups excluding tert-OH is 1. The number of nitrogens with one attached hydrogen (secondary N) is 1. The lowest BCUT2D eigenvalue weighted by atomic mass is 9.98. The number of H-pyrrole nitrogens is 1. The Bertz CT molecular complexity index is 344. The molecule has 0 aromatic carbocycles. The van der Waals surface area contributed by atoms with Crippen molar-refractivity contribution in [1.82, 2.24) is 15.1 Å². The summed E-state index contributed by atoms with van der Waals surface area (Å²) in [6.07, 6.45) is 0.619. The van der Waals surface area contributed by atoms with Gasteiger partial charge in [0, 0.05) is 13.1 Å². The zero-order valence-electron chi connectivity index (χ0n) is 9.62. The Kier molecular flexibility index (Phi) is 2.80. The Morgan fingerprint density at radius 2 is 2.13 bits per heavy atom. The average molecular weight is 209 g/mol. The Labute approximate surface area is 90.3 Å². The van der Waals surface area contributed by atoms with Gasteiger partial charge in [-0.05, 0) is 24.8 Å². The van der Waals surface area contributed by atoms with E-state index in [4.69, 9.17) is 0 Å². The van der Waals surface area contributed by atoms with Gasteiger partial charge in [0.15, 0.2) is 0 Å². The summed E-state index contributed by atoms with van der Waals surface area (Å²) in [5.41, 5.74) is 3.72. The first-order chi connectivity index (χ1) is 7.09. The van der Waals surface area contributed by atoms with Crippen LogP contribution in [-0.2, 0) is 13.0 Å². The molecule has 4 heteroatoms. The summed E-state index contributed by atoms with van der Waals surface area (Å²) in [5, 5.41) is 17.0. The van der Waals surface area contributed by atoms with Crippen LogP contribution in [-0.4, -0.2) is 33.0 Å². The maximum Gasteiger partial charge on any atom is 0.104 e. The summed E-state index contributed by atoms with van der Waals surface area (Å²) >= 11 is 0. The predicted octanol–water partition coefficient (Wildman–Crippen LogP) is 1.23. The van der Waals surface area contributed by atoms with Gasteiger partial charge in [-0.2, -0.15) is 5.10 Å². The molecule has 1 aromatic rings. The Morgan fingerprint density at radius 3 is 2.73 bits per heavy atom. The van der Waals surface area contributed by atoms with Gasteiger partial charge >= 0.3 is 0 Å². The van der Waals surface area contributed by atoms with E-state index < -0.39 is 0 Å². The van der Waals surface area contributed by atoms with Gasteiger partial charge in [0.2, 0.25) is 0 Å². The fraction of sp³-hybridized carbons (Fsp3) is 0.727. The highest BCUT2D eigenvalue weighted by Crippen LogP contribution is 2.25. The van der Waals surface area contributed by atoms with Gasteiger partial charge in [-0.3, -0.25) is 10.00 Å². The van der Waals surface area contributed by atoms with Crippen LogP contribution in [0.1, 0.15) is 43.6 Å². The summed E-state index contributed by atoms with van der Waals surface area (Å²) in [5.74, 6) is 0.475. The van der Waals surface area contributed by atoms with Crippen LogP contribution >= 0.6 is 0 Å². The maximum absolute atomic E-state index is 9.51. The van der Waals surface area contributed by atoms with Crippen LogP contribution in [0.25, 0.3) is 0 Å². The molecule has 1 aliphatic rings. The Morgan fingerprint density at radius 1 is 1.40 bits per heavy atom. The van der Waals surface area contributed by atoms with Crippen LogP contribution in [0, 0.1) is 0 Å². The van der Waals surface area contributed by atoms with Crippen LogP contribution < -0.4 is 0 Å². The number of rotatable bonds is 2. The fourth-order valence-electron chi connectivity index (χ4n) is 2.16. The first-order valence-corrected chi connectivity index (χ1v) is 5.57. The van der Waals surface area contributed by atoms with E-state index in [2.05, 4.69) is 24.0 Å². The second-order valence-corrected chi connectivity index (χ2v) is 4.57. The molecule has 15 heavy (non-hydrogen) atoms. The first kappa shape index (κ1) is 10.6. The second kappa shape index (κ2) is 3.94. The van der Waals surface area contributed by atoms with Crippen molar-refractivity contribution in [3.05, 3.63) is 17.0 Å². The van der Waals surface area contributed by atoms with Crippen molar-refractivity contribution in [2.75, 3.05) is 6.54 Å². The van der Waals surface area contributed by atoms with Gasteiger partial charge in [-0.15, -0.1) is 0 Å². The predicted molar refractivity (Wildman–Crippen MR) is 58.5 cm³/mol. The van der Waals surface area contributed by atoms with Crippen molar-refractivity contribution < 1.29 is 5.11 Å². The van der Waals surface area contributed by atoms with E-state index in [0.29, 0.717) is 5.92 Å². The molecular weight excluding hydrogens is 190 g/mol. The highest BCUT2D eigenvalue weighted by atomic mass is 16.3. The summed E-state index contributed by atoms with van der Waals surface area (Å²) in [6, 6.07) is 0. The van der Waals surface area contributed by atoms with Crippen LogP contribution in [0.3, 0.4) is 0 Å². The molecule has 0 saturated heterocycles. The monoisotopic (exact) mass is 209 g/mol. The maximum atomic E-state index is 9.51. The molecule has 1 atom stereocenters. The molecule has 4 nitrogen and oxygen atoms in total. The lowest BCUT2D eigenvalue weighted by Gasteiger charge is -2.29. The third-order valence-electron chi connectivity index (χ3n) is 3.07. The topological polar surface area (TPSA) is 52.2 Å². The first-order valence-electron chi connectivity index (χ1n) is 5.57. The molecule has 2 N–H and O–H groups in total. The van der Waals surface area contributed by atoms with Crippen LogP contribution in [0.15, 0.2) is 0 Å². The van der Waals surface area contributed by atoms with Gasteiger partial charge in [0.1, 0.15) is 6.23 Å². The molecule has 84 valence electrons. The van der Waals surface area contributed by atoms with Crippen LogP contribution in [0.2, 0.25) is 0 Å². The SMILES string of the molecule is CC(C)c1n[nH]c2c1CCN(C(C)O)C2. The number of hydrogen-bond donors (Lipinski definition) is 2. The van der Waals surface area contributed by atoms with E-state index in [1.165, 1.54) is 17.0 Å². The minimum absolute atomic E-state index is 0.371. The van der Waals surface area contributed by atoms with Crippen molar-refractivity contribution in [3.63, 3.8) is 0 Å². The normalized spacial score (nSPS) is 19.3. The van der Waals surface area contributed by atoms with Crippen molar-refractivity contribution in [2.24, 2.45) is 0 Å². The fourth-order valence-corrected chi connectivity index (χ4v) is 2.16. The molecule has 2 heterocycles. The Hall–Kier alpha value is -0.870. The van der Waals surface area contributed by atoms with E-state index in [-0.39, 0.29) is 6.23 Å². The molecule has 0 radical (unpaired) electrons. The number of fused-ring (bicyclic) bond motifs is 1. The highest BCUT2D eigenvalue weighted by molar-refractivity contribution is 5.29. The van der Waals surface area contributed by atoms with Crippen molar-refractivity contribution in [3.8, 4) is 0 Å². The van der Waals surface area contributed by atoms with Crippen molar-refractivity contribution in [2.45, 2.75) is 45.9 Å². The van der Waals surface area contributed by atoms with E-state index in [0.717, 1.165) is 19.5 Å². The second-order valence-electron chi connectivity index (χ2n) is 4.57. The standard InChI is InChI=1S/C11H19N3O/c1-7(2)11-9-4-5-14(8(3)15)6-10(9)12-13-11/h7-8,15H,4-6H2,1-3H3,(H,12,13). The molecular formula is C11H19N3O. The summed E-state index contributed by atoms with van der Waals surface area (Å²) < 4.78 is 0. The summed E-state index contributed by atoms with van der Waals surface area (Å²) in [4.78, 5) is 2.05. The summed E-state index contributed by atoms with van der Waals surface area (Å²) in [7, 11) is 0. The molecule has 2 rings (SSSR count). The average Bonchev–Trinajstić information content (AvgIpc) is 2.59. The number of aromatic nitrogens is 2. The molecule has 0 saturated carbocycles. The van der Waals surface area contributed by atoms with E-state index in [1.807, 2.05) is 11.8 Å². The van der Waals surface area contributed by atoms with Crippen LogP contribution in [0.4, 0.5) is 0 Å². The molecule has 0 spiro atoms. The van der Waals surface area contributed by atoms with Gasteiger partial charge in [0.25, 0.3) is 0 Å². The third kappa shape index (κ3) is 1.92. The molecule has 0 bridgehead atoms. The molecule has 0 aliphatic carbocycles. The van der Waals surface area contributed by atoms with Gasteiger partial charge in [-0.25, -0.2) is 0 Å². The Balaban J connectivity index is 2.22. The van der Waals surface area contributed by atoms with Crippen molar-refractivity contribution in [1.29, 1.82) is 0 Å². The third-order valence-corrected chi connectivity index (χ3v) is 3.07. The number of aliphatic hydroxyl groups is 1. The number of nitrogens with zero attached hydrogens (tertiary/aromatic N) is 2. The van der Waals surface area contributed by atoms with Crippen LogP contribution in [0.5, 0.6) is 0 Å². The van der Waals surface area contributed by atoms with E-state index in [1.54, 1.807) is 0 Å². The van der Waals surface area contributed by atoms with Gasteiger partial charge < -0.3 is 5.11 Å². The number of hydrogen-bond acceptors (Lipinski definition) is 3. The lowest BCUT2D eigenvalue weighted by Crippen LogP contribution is -2.37. The van der Waals surface area contributed by atoms with Crippen molar-refractivity contribution >= 4 is 0 Å². The lowest BCUT2D eigenvalue weighted by molar-refractivity contribution is 0.00830. The molecule has 0 amide bonds. The molecule has 1 aliphatic heterocycles. The van der Waals surface area contributed by atoms with E-state index >= 15 is 0 Å². The van der Waals surface area contributed by atoms with E-state index in [9.17, 15) is 5.11 Å². The van der Waals surface area contributed by atoms with Gasteiger partial charge in [0.05, 0.1) is 11.4 Å². The molecule has 1 aromatic heterocycles. The smallest absolute Gasteiger partial charge is 0.104 e. The molecule has 1 unspecified atom stereocenters. The largest absolute Gasteiger partial charge is 0.379 e. The highest BCUT2D eigenvalue weighted by Gasteiger charge is 2.24. The summed E-state index contributed by atoms with van der Waals surface area (Å²) in [6.45, 7) is 7.84. The zero-order chi connectivity index (χ0) is 11.0.